The molecule has 6 heteroatoms. The highest BCUT2D eigenvalue weighted by Gasteiger charge is 2.21. The van der Waals surface area contributed by atoms with Crippen LogP contribution < -0.4 is 15.8 Å². The zero-order chi connectivity index (χ0) is 16.1. The SMILES string of the molecule is CCC(C(=O)Nc1ccsc1C(N)=O)c1ccc(OC)cc1. The Morgan fingerprint density at radius 1 is 1.27 bits per heavy atom. The minimum Gasteiger partial charge on any atom is -0.497 e. The van der Waals surface area contributed by atoms with Crippen molar-refractivity contribution < 1.29 is 14.3 Å². The molecule has 0 fully saturated rings. The Morgan fingerprint density at radius 3 is 2.50 bits per heavy atom. The summed E-state index contributed by atoms with van der Waals surface area (Å²) in [4.78, 5) is 24.2. The number of rotatable bonds is 6. The lowest BCUT2D eigenvalue weighted by Gasteiger charge is -2.15. The van der Waals surface area contributed by atoms with Crippen molar-refractivity contribution in [3.05, 3.63) is 46.2 Å². The molecule has 0 saturated carbocycles. The first kappa shape index (κ1) is 16.0. The van der Waals surface area contributed by atoms with Gasteiger partial charge < -0.3 is 15.8 Å². The van der Waals surface area contributed by atoms with E-state index in [4.69, 9.17) is 10.5 Å². The van der Waals surface area contributed by atoms with Crippen LogP contribution in [0.2, 0.25) is 0 Å². The quantitative estimate of drug-likeness (QED) is 0.859. The maximum Gasteiger partial charge on any atom is 0.260 e. The minimum absolute atomic E-state index is 0.159. The van der Waals surface area contributed by atoms with Gasteiger partial charge in [0.25, 0.3) is 5.91 Å². The summed E-state index contributed by atoms with van der Waals surface area (Å²) in [6.07, 6.45) is 0.647. The van der Waals surface area contributed by atoms with E-state index in [1.165, 1.54) is 11.3 Å². The van der Waals surface area contributed by atoms with E-state index in [0.717, 1.165) is 11.3 Å². The second-order valence-corrected chi connectivity index (χ2v) is 5.67. The molecule has 1 unspecified atom stereocenters. The van der Waals surface area contributed by atoms with Crippen molar-refractivity contribution in [3.63, 3.8) is 0 Å². The van der Waals surface area contributed by atoms with Crippen LogP contribution in [-0.4, -0.2) is 18.9 Å². The molecule has 0 radical (unpaired) electrons. The molecule has 3 N–H and O–H groups in total. The zero-order valence-electron chi connectivity index (χ0n) is 12.5. The summed E-state index contributed by atoms with van der Waals surface area (Å²) >= 11 is 1.21. The van der Waals surface area contributed by atoms with E-state index in [2.05, 4.69) is 5.32 Å². The summed E-state index contributed by atoms with van der Waals surface area (Å²) < 4.78 is 5.12. The predicted octanol–water partition coefficient (Wildman–Crippen LogP) is 2.99. The molecule has 0 aliphatic carbocycles. The van der Waals surface area contributed by atoms with Crippen molar-refractivity contribution in [3.8, 4) is 5.75 Å². The number of benzene rings is 1. The monoisotopic (exact) mass is 318 g/mol. The fourth-order valence-corrected chi connectivity index (χ4v) is 2.93. The zero-order valence-corrected chi connectivity index (χ0v) is 13.3. The Labute approximate surface area is 133 Å². The average molecular weight is 318 g/mol. The summed E-state index contributed by atoms with van der Waals surface area (Å²) in [5.41, 5.74) is 6.66. The van der Waals surface area contributed by atoms with E-state index in [1.54, 1.807) is 18.6 Å². The second-order valence-electron chi connectivity index (χ2n) is 4.75. The molecule has 0 bridgehead atoms. The third-order valence-corrected chi connectivity index (χ3v) is 4.32. The van der Waals surface area contributed by atoms with Gasteiger partial charge in [-0.2, -0.15) is 0 Å². The lowest BCUT2D eigenvalue weighted by molar-refractivity contribution is -0.117. The highest BCUT2D eigenvalue weighted by Crippen LogP contribution is 2.26. The van der Waals surface area contributed by atoms with E-state index in [9.17, 15) is 9.59 Å². The Kier molecular flexibility index (Phi) is 5.16. The van der Waals surface area contributed by atoms with Gasteiger partial charge in [-0.15, -0.1) is 11.3 Å². The van der Waals surface area contributed by atoms with Crippen LogP contribution in [0.5, 0.6) is 5.75 Å². The lowest BCUT2D eigenvalue weighted by atomic mass is 9.95. The highest BCUT2D eigenvalue weighted by molar-refractivity contribution is 7.12. The number of amides is 2. The summed E-state index contributed by atoms with van der Waals surface area (Å²) in [5.74, 6) is -0.254. The number of nitrogens with two attached hydrogens (primary N) is 1. The van der Waals surface area contributed by atoms with E-state index in [-0.39, 0.29) is 11.8 Å². The van der Waals surface area contributed by atoms with Gasteiger partial charge in [0.15, 0.2) is 0 Å². The number of hydrogen-bond acceptors (Lipinski definition) is 4. The smallest absolute Gasteiger partial charge is 0.260 e. The molecule has 1 aromatic heterocycles. The molecule has 0 aliphatic heterocycles. The van der Waals surface area contributed by atoms with Crippen molar-refractivity contribution in [2.45, 2.75) is 19.3 Å². The van der Waals surface area contributed by atoms with Gasteiger partial charge in [0.05, 0.1) is 18.7 Å². The molecule has 116 valence electrons. The molecule has 0 spiro atoms. The number of ether oxygens (including phenoxy) is 1. The van der Waals surface area contributed by atoms with E-state index >= 15 is 0 Å². The van der Waals surface area contributed by atoms with Gasteiger partial charge in [-0.3, -0.25) is 9.59 Å². The highest BCUT2D eigenvalue weighted by atomic mass is 32.1. The normalized spacial score (nSPS) is 11.7. The van der Waals surface area contributed by atoms with Gasteiger partial charge in [-0.05, 0) is 35.6 Å². The molecule has 2 amide bonds. The van der Waals surface area contributed by atoms with Crippen LogP contribution in [0.15, 0.2) is 35.7 Å². The summed E-state index contributed by atoms with van der Waals surface area (Å²) in [6, 6.07) is 9.07. The van der Waals surface area contributed by atoms with Crippen LogP contribution in [0.25, 0.3) is 0 Å². The maximum absolute atomic E-state index is 12.5. The van der Waals surface area contributed by atoms with Gasteiger partial charge in [0.2, 0.25) is 5.91 Å². The topological polar surface area (TPSA) is 81.4 Å². The van der Waals surface area contributed by atoms with E-state index in [1.807, 2.05) is 31.2 Å². The third kappa shape index (κ3) is 3.46. The molecule has 0 aliphatic rings. The molecule has 1 aromatic carbocycles. The summed E-state index contributed by atoms with van der Waals surface area (Å²) in [7, 11) is 1.60. The second kappa shape index (κ2) is 7.09. The lowest BCUT2D eigenvalue weighted by Crippen LogP contribution is -2.22. The number of nitrogens with one attached hydrogen (secondary N) is 1. The molecular weight excluding hydrogens is 300 g/mol. The van der Waals surface area contributed by atoms with Gasteiger partial charge in [-0.1, -0.05) is 19.1 Å². The molecule has 1 atom stereocenters. The van der Waals surface area contributed by atoms with Gasteiger partial charge >= 0.3 is 0 Å². The van der Waals surface area contributed by atoms with Crippen LogP contribution in [0, 0.1) is 0 Å². The molecule has 22 heavy (non-hydrogen) atoms. The first-order valence-electron chi connectivity index (χ1n) is 6.89. The van der Waals surface area contributed by atoms with Crippen LogP contribution >= 0.6 is 11.3 Å². The molecule has 1 heterocycles. The van der Waals surface area contributed by atoms with Crippen LogP contribution in [-0.2, 0) is 4.79 Å². The van der Waals surface area contributed by atoms with Crippen molar-refractivity contribution in [2.24, 2.45) is 5.73 Å². The number of methoxy groups -OCH3 is 1. The number of hydrogen-bond donors (Lipinski definition) is 2. The van der Waals surface area contributed by atoms with Gasteiger partial charge in [0.1, 0.15) is 10.6 Å². The first-order valence-corrected chi connectivity index (χ1v) is 7.76. The Hall–Kier alpha value is -2.34. The fraction of sp³-hybridized carbons (Fsp3) is 0.250. The third-order valence-electron chi connectivity index (χ3n) is 3.39. The van der Waals surface area contributed by atoms with Gasteiger partial charge in [0, 0.05) is 0 Å². The van der Waals surface area contributed by atoms with Crippen molar-refractivity contribution >= 4 is 28.8 Å². The number of thiophene rings is 1. The van der Waals surface area contributed by atoms with E-state index in [0.29, 0.717) is 17.0 Å². The van der Waals surface area contributed by atoms with Crippen molar-refractivity contribution in [1.29, 1.82) is 0 Å². The summed E-state index contributed by atoms with van der Waals surface area (Å²) in [6.45, 7) is 1.94. The first-order chi connectivity index (χ1) is 10.6. The standard InChI is InChI=1S/C16H18N2O3S/c1-3-12(10-4-6-11(21-2)7-5-10)16(20)18-13-8-9-22-14(13)15(17)19/h4-9,12H,3H2,1-2H3,(H2,17,19)(H,18,20). The molecule has 5 nitrogen and oxygen atoms in total. The molecule has 2 aromatic rings. The molecule has 2 rings (SSSR count). The number of primary amides is 1. The average Bonchev–Trinajstić information content (AvgIpc) is 2.97. The van der Waals surface area contributed by atoms with Gasteiger partial charge in [-0.25, -0.2) is 0 Å². The number of anilines is 1. The predicted molar refractivity (Wildman–Crippen MR) is 87.5 cm³/mol. The maximum atomic E-state index is 12.5. The Morgan fingerprint density at radius 2 is 1.95 bits per heavy atom. The van der Waals surface area contributed by atoms with Crippen LogP contribution in [0.1, 0.15) is 34.5 Å². The minimum atomic E-state index is -0.539. The fourth-order valence-electron chi connectivity index (χ4n) is 2.23. The van der Waals surface area contributed by atoms with E-state index < -0.39 is 5.91 Å². The van der Waals surface area contributed by atoms with Crippen molar-refractivity contribution in [2.75, 3.05) is 12.4 Å². The Bertz CT molecular complexity index is 664. The largest absolute Gasteiger partial charge is 0.497 e. The van der Waals surface area contributed by atoms with Crippen molar-refractivity contribution in [1.82, 2.24) is 0 Å². The Balaban J connectivity index is 2.17. The summed E-state index contributed by atoms with van der Waals surface area (Å²) in [5, 5.41) is 4.52. The molecular formula is C16H18N2O3S. The van der Waals surface area contributed by atoms with Crippen LogP contribution in [0.3, 0.4) is 0 Å². The number of carbonyl (C=O) groups is 2. The van der Waals surface area contributed by atoms with Crippen LogP contribution in [0.4, 0.5) is 5.69 Å². The molecule has 0 saturated heterocycles. The number of carbonyl (C=O) groups excluding carboxylic acids is 2.